The Hall–Kier alpha value is -0.840. The molecule has 4 nitrogen and oxygen atoms in total. The average Bonchev–Trinajstić information content (AvgIpc) is 2.18. The SMILES string of the molecule is CC(O)NC1CC=C(/C(N)=C/CN)CC1. The minimum atomic E-state index is -0.443. The number of hydrogen-bond acceptors (Lipinski definition) is 4. The molecule has 1 aliphatic rings. The molecule has 2 atom stereocenters. The van der Waals surface area contributed by atoms with E-state index in [0.717, 1.165) is 25.0 Å². The smallest absolute Gasteiger partial charge is 0.102 e. The summed E-state index contributed by atoms with van der Waals surface area (Å²) >= 11 is 0. The van der Waals surface area contributed by atoms with Crippen molar-refractivity contribution in [2.75, 3.05) is 6.54 Å². The fraction of sp³-hybridized carbons (Fsp3) is 0.636. The summed E-state index contributed by atoms with van der Waals surface area (Å²) in [5, 5.41) is 12.3. The molecule has 0 aliphatic heterocycles. The second kappa shape index (κ2) is 5.90. The quantitative estimate of drug-likeness (QED) is 0.500. The number of rotatable bonds is 4. The molecule has 0 fully saturated rings. The lowest BCUT2D eigenvalue weighted by Gasteiger charge is -2.24. The van der Waals surface area contributed by atoms with E-state index < -0.39 is 6.23 Å². The van der Waals surface area contributed by atoms with Crippen LogP contribution in [0.25, 0.3) is 0 Å². The van der Waals surface area contributed by atoms with Gasteiger partial charge >= 0.3 is 0 Å². The first-order valence-electron chi connectivity index (χ1n) is 5.42. The summed E-state index contributed by atoms with van der Waals surface area (Å²) in [6.07, 6.45) is 6.41. The maximum atomic E-state index is 9.18. The lowest BCUT2D eigenvalue weighted by Crippen LogP contribution is -2.37. The van der Waals surface area contributed by atoms with Crippen LogP contribution in [0.5, 0.6) is 0 Å². The van der Waals surface area contributed by atoms with Crippen LogP contribution >= 0.6 is 0 Å². The highest BCUT2D eigenvalue weighted by Gasteiger charge is 2.15. The second-order valence-corrected chi connectivity index (χ2v) is 3.94. The predicted molar refractivity (Wildman–Crippen MR) is 61.9 cm³/mol. The highest BCUT2D eigenvalue weighted by Crippen LogP contribution is 2.21. The molecule has 0 amide bonds. The first-order chi connectivity index (χ1) is 7.13. The molecule has 1 aliphatic carbocycles. The molecule has 0 spiro atoms. The Balaban J connectivity index is 2.48. The third kappa shape index (κ3) is 4.03. The van der Waals surface area contributed by atoms with Crippen LogP contribution in [0.2, 0.25) is 0 Å². The molecular formula is C11H21N3O. The zero-order valence-corrected chi connectivity index (χ0v) is 9.24. The van der Waals surface area contributed by atoms with Gasteiger partial charge in [-0.05, 0) is 37.8 Å². The Kier molecular flexibility index (Phi) is 4.81. The maximum Gasteiger partial charge on any atom is 0.102 e. The third-order valence-corrected chi connectivity index (χ3v) is 2.60. The van der Waals surface area contributed by atoms with E-state index in [9.17, 15) is 5.11 Å². The topological polar surface area (TPSA) is 84.3 Å². The van der Waals surface area contributed by atoms with Crippen LogP contribution in [0.15, 0.2) is 23.4 Å². The molecule has 2 unspecified atom stereocenters. The normalized spacial score (nSPS) is 24.9. The molecule has 15 heavy (non-hydrogen) atoms. The number of aliphatic hydroxyl groups is 1. The Morgan fingerprint density at radius 1 is 1.80 bits per heavy atom. The van der Waals surface area contributed by atoms with Crippen molar-refractivity contribution in [1.29, 1.82) is 0 Å². The van der Waals surface area contributed by atoms with Gasteiger partial charge in [-0.3, -0.25) is 5.32 Å². The Labute approximate surface area is 91.0 Å². The molecule has 0 heterocycles. The molecule has 0 radical (unpaired) electrons. The van der Waals surface area contributed by atoms with E-state index in [-0.39, 0.29) is 0 Å². The van der Waals surface area contributed by atoms with Crippen LogP contribution in [0.4, 0.5) is 0 Å². The summed E-state index contributed by atoms with van der Waals surface area (Å²) in [6, 6.07) is 0.361. The summed E-state index contributed by atoms with van der Waals surface area (Å²) in [5.41, 5.74) is 13.2. The second-order valence-electron chi connectivity index (χ2n) is 3.94. The van der Waals surface area contributed by atoms with Gasteiger partial charge in [0, 0.05) is 18.3 Å². The summed E-state index contributed by atoms with van der Waals surface area (Å²) < 4.78 is 0. The lowest BCUT2D eigenvalue weighted by molar-refractivity contribution is 0.137. The number of nitrogens with one attached hydrogen (secondary N) is 1. The predicted octanol–water partition coefficient (Wildman–Crippen LogP) is 0.195. The van der Waals surface area contributed by atoms with E-state index >= 15 is 0 Å². The standard InChI is InChI=1S/C11H21N3O/c1-8(15)14-10-4-2-9(3-5-10)11(13)6-7-12/h2,6,8,10,14-15H,3-5,7,12-13H2,1H3/b11-6-. The summed E-state index contributed by atoms with van der Waals surface area (Å²) in [7, 11) is 0. The molecular weight excluding hydrogens is 190 g/mol. The molecule has 6 N–H and O–H groups in total. The maximum absolute atomic E-state index is 9.18. The number of allylic oxidation sites excluding steroid dienone is 1. The van der Waals surface area contributed by atoms with Crippen molar-refractivity contribution in [2.24, 2.45) is 11.5 Å². The van der Waals surface area contributed by atoms with Gasteiger partial charge in [0.25, 0.3) is 0 Å². The lowest BCUT2D eigenvalue weighted by atomic mass is 9.93. The van der Waals surface area contributed by atoms with Crippen LogP contribution < -0.4 is 16.8 Å². The highest BCUT2D eigenvalue weighted by molar-refractivity contribution is 5.30. The Morgan fingerprint density at radius 3 is 3.00 bits per heavy atom. The molecule has 0 saturated heterocycles. The van der Waals surface area contributed by atoms with E-state index in [2.05, 4.69) is 11.4 Å². The molecule has 1 rings (SSSR count). The molecule has 0 aromatic carbocycles. The van der Waals surface area contributed by atoms with Gasteiger partial charge in [-0.25, -0.2) is 0 Å². The molecule has 0 aromatic heterocycles. The highest BCUT2D eigenvalue weighted by atomic mass is 16.3. The van der Waals surface area contributed by atoms with Gasteiger partial charge in [0.2, 0.25) is 0 Å². The zero-order valence-electron chi connectivity index (χ0n) is 9.24. The van der Waals surface area contributed by atoms with Crippen molar-refractivity contribution >= 4 is 0 Å². The van der Waals surface area contributed by atoms with Crippen molar-refractivity contribution in [3.63, 3.8) is 0 Å². The molecule has 86 valence electrons. The van der Waals surface area contributed by atoms with Crippen LogP contribution in [0.1, 0.15) is 26.2 Å². The van der Waals surface area contributed by atoms with Gasteiger partial charge in [0.15, 0.2) is 0 Å². The van der Waals surface area contributed by atoms with Crippen LogP contribution in [-0.4, -0.2) is 23.9 Å². The minimum Gasteiger partial charge on any atom is -0.399 e. The van der Waals surface area contributed by atoms with Gasteiger partial charge in [-0.15, -0.1) is 0 Å². The van der Waals surface area contributed by atoms with E-state index in [4.69, 9.17) is 11.5 Å². The van der Waals surface area contributed by atoms with Gasteiger partial charge in [0.05, 0.1) is 0 Å². The fourth-order valence-corrected chi connectivity index (χ4v) is 1.85. The first-order valence-corrected chi connectivity index (χ1v) is 5.42. The first kappa shape index (κ1) is 12.2. The van der Waals surface area contributed by atoms with Crippen molar-refractivity contribution in [1.82, 2.24) is 5.32 Å². The number of aliphatic hydroxyl groups excluding tert-OH is 1. The van der Waals surface area contributed by atoms with Crippen LogP contribution in [-0.2, 0) is 0 Å². The van der Waals surface area contributed by atoms with E-state index in [1.165, 1.54) is 5.57 Å². The summed E-state index contributed by atoms with van der Waals surface area (Å²) in [5.74, 6) is 0. The average molecular weight is 211 g/mol. The van der Waals surface area contributed by atoms with Crippen molar-refractivity contribution in [3.05, 3.63) is 23.4 Å². The number of nitrogens with two attached hydrogens (primary N) is 2. The Bertz CT molecular complexity index is 259. The van der Waals surface area contributed by atoms with E-state index in [1.54, 1.807) is 6.92 Å². The van der Waals surface area contributed by atoms with Crippen molar-refractivity contribution < 1.29 is 5.11 Å². The molecule has 0 aromatic rings. The molecule has 4 heteroatoms. The minimum absolute atomic E-state index is 0.361. The van der Waals surface area contributed by atoms with Gasteiger partial charge < -0.3 is 16.6 Å². The van der Waals surface area contributed by atoms with Gasteiger partial charge in [0.1, 0.15) is 6.23 Å². The van der Waals surface area contributed by atoms with E-state index in [1.807, 2.05) is 6.08 Å². The summed E-state index contributed by atoms with van der Waals surface area (Å²) in [4.78, 5) is 0. The third-order valence-electron chi connectivity index (χ3n) is 2.60. The van der Waals surface area contributed by atoms with Gasteiger partial charge in [-0.1, -0.05) is 6.08 Å². The fourth-order valence-electron chi connectivity index (χ4n) is 1.85. The zero-order chi connectivity index (χ0) is 11.3. The largest absolute Gasteiger partial charge is 0.399 e. The van der Waals surface area contributed by atoms with Crippen LogP contribution in [0, 0.1) is 0 Å². The van der Waals surface area contributed by atoms with Crippen LogP contribution in [0.3, 0.4) is 0 Å². The molecule has 0 saturated carbocycles. The monoisotopic (exact) mass is 211 g/mol. The van der Waals surface area contributed by atoms with E-state index in [0.29, 0.717) is 12.6 Å². The molecule has 0 bridgehead atoms. The van der Waals surface area contributed by atoms with Crippen molar-refractivity contribution in [2.45, 2.75) is 38.5 Å². The summed E-state index contributed by atoms with van der Waals surface area (Å²) in [6.45, 7) is 2.22. The van der Waals surface area contributed by atoms with Crippen molar-refractivity contribution in [3.8, 4) is 0 Å². The van der Waals surface area contributed by atoms with Gasteiger partial charge in [-0.2, -0.15) is 0 Å². The number of hydrogen-bond donors (Lipinski definition) is 4. The Morgan fingerprint density at radius 2 is 2.53 bits per heavy atom.